The molecule has 4 fully saturated rings. The average molecular weight is 1280 g/mol. The Morgan fingerprint density at radius 1 is 0.541 bits per heavy atom. The summed E-state index contributed by atoms with van der Waals surface area (Å²) in [5, 5.41) is 9.66. The highest BCUT2D eigenvalue weighted by molar-refractivity contribution is 8.00. The molecular formula is C54H85N8O19P2S2+. The first-order valence-corrected chi connectivity index (χ1v) is 33.7. The first kappa shape index (κ1) is 72.6. The van der Waals surface area contributed by atoms with Gasteiger partial charge >= 0.3 is 16.9 Å². The zero-order valence-corrected chi connectivity index (χ0v) is 52.4. The fourth-order valence-corrected chi connectivity index (χ4v) is 12.7. The van der Waals surface area contributed by atoms with E-state index in [9.17, 15) is 71.8 Å². The van der Waals surface area contributed by atoms with Crippen LogP contribution in [-0.4, -0.2) is 195 Å². The molecule has 0 aromatic carbocycles. The maximum atomic E-state index is 13.3. The van der Waals surface area contributed by atoms with Crippen molar-refractivity contribution in [3.8, 4) is 0 Å². The molecule has 27 nitrogen and oxygen atoms in total. The summed E-state index contributed by atoms with van der Waals surface area (Å²) in [7, 11) is -4.58. The van der Waals surface area contributed by atoms with Crippen molar-refractivity contribution < 1.29 is 89.9 Å². The van der Waals surface area contributed by atoms with Gasteiger partial charge in [0.15, 0.2) is 0 Å². The lowest BCUT2D eigenvalue weighted by atomic mass is 10.1. The first-order valence-electron chi connectivity index (χ1n) is 29.3. The van der Waals surface area contributed by atoms with Crippen LogP contribution in [0.15, 0.2) is 0 Å². The molecule has 0 spiro atoms. The maximum absolute atomic E-state index is 13.3. The number of carbonyl (C=O) groups excluding carboxylic acids is 13. The van der Waals surface area contributed by atoms with Crippen LogP contribution < -0.4 is 21.3 Å². The highest BCUT2D eigenvalue weighted by Gasteiger charge is 2.45. The molecule has 31 heteroatoms. The lowest BCUT2D eigenvalue weighted by Crippen LogP contribution is -2.47. The van der Waals surface area contributed by atoms with Crippen LogP contribution in [0.5, 0.6) is 0 Å². The number of imide groups is 4. The Hall–Kier alpha value is -4.86. The summed E-state index contributed by atoms with van der Waals surface area (Å²) in [6.45, 7) is 5.44. The van der Waals surface area contributed by atoms with Gasteiger partial charge in [-0.3, -0.25) is 77.1 Å². The second-order valence-corrected chi connectivity index (χ2v) is 25.8. The minimum Gasteiger partial charge on any atom is -0.356 e. The largest absolute Gasteiger partial charge is 0.697 e. The van der Waals surface area contributed by atoms with Crippen molar-refractivity contribution in [1.29, 1.82) is 0 Å². The Balaban J connectivity index is 1.02. The molecule has 0 aromatic rings. The van der Waals surface area contributed by atoms with Crippen LogP contribution >= 0.6 is 40.4 Å². The molecule has 5 N–H and O–H groups in total. The number of ketones is 1. The molecular weight excluding hydrogens is 1190 g/mol. The second kappa shape index (κ2) is 39.8. The SMILES string of the molecule is CC(=O)CCCCCCCOP(O)OCCO[P+](=O)OCCCSC1CC(=O)N(CN2C(=O)CC(SCCC(=O)NCCCCCCNC(=O)[C@H](CCCCNC(=O)CCN3C(=O)CC(C)C3=O)NC(=O)CCN3C(=O)CC(C)C3=O)C2=O)C1=O. The highest BCUT2D eigenvalue weighted by Crippen LogP contribution is 2.34. The summed E-state index contributed by atoms with van der Waals surface area (Å²) in [5.41, 5.74) is 0. The van der Waals surface area contributed by atoms with Crippen LogP contribution in [0.4, 0.5) is 0 Å². The number of hydrogen-bond acceptors (Lipinski definition) is 21. The topological polar surface area (TPSA) is 357 Å². The summed E-state index contributed by atoms with van der Waals surface area (Å²) in [4.78, 5) is 177. The summed E-state index contributed by atoms with van der Waals surface area (Å²) in [6.07, 6.45) is 9.09. The number of nitrogens with one attached hydrogen (secondary N) is 4. The van der Waals surface area contributed by atoms with Gasteiger partial charge in [-0.15, -0.1) is 32.6 Å². The predicted molar refractivity (Wildman–Crippen MR) is 312 cm³/mol. The van der Waals surface area contributed by atoms with Crippen LogP contribution in [0.1, 0.15) is 156 Å². The number of Topliss-reactive ketones (excluding diaryl/α,β-unsaturated/α-hetero) is 1. The minimum atomic E-state index is -2.47. The monoisotopic (exact) mass is 1280 g/mol. The number of thioether (sulfide) groups is 2. The molecule has 6 unspecified atom stereocenters. The number of carbonyl (C=O) groups is 13. The molecule has 4 saturated heterocycles. The number of unbranched alkanes of at least 4 members (excludes halogenated alkanes) is 8. The van der Waals surface area contributed by atoms with Gasteiger partial charge in [0, 0.05) is 106 Å². The minimum absolute atomic E-state index is 0.000250. The van der Waals surface area contributed by atoms with Crippen LogP contribution in [0, 0.1) is 11.8 Å². The van der Waals surface area contributed by atoms with Crippen LogP contribution in [0.3, 0.4) is 0 Å². The summed E-state index contributed by atoms with van der Waals surface area (Å²) in [6, 6.07) is -0.924. The molecule has 0 bridgehead atoms. The maximum Gasteiger partial charge on any atom is 0.697 e. The van der Waals surface area contributed by atoms with Gasteiger partial charge in [-0.1, -0.05) is 46.0 Å². The Kier molecular flexibility index (Phi) is 34.0. The van der Waals surface area contributed by atoms with Gasteiger partial charge in [-0.05, 0) is 64.0 Å². The van der Waals surface area contributed by atoms with E-state index >= 15 is 0 Å². The molecule has 4 aliphatic heterocycles. The third kappa shape index (κ3) is 27.0. The number of amides is 12. The number of likely N-dealkylation sites (tertiary alicyclic amines) is 4. The van der Waals surface area contributed by atoms with Gasteiger partial charge in [0.2, 0.25) is 70.9 Å². The van der Waals surface area contributed by atoms with Crippen molar-refractivity contribution in [3.05, 3.63) is 0 Å². The Bertz CT molecular complexity index is 2360. The van der Waals surface area contributed by atoms with Crippen molar-refractivity contribution in [2.45, 2.75) is 172 Å². The van der Waals surface area contributed by atoms with Crippen molar-refractivity contribution in [3.63, 3.8) is 0 Å². The molecule has 0 aromatic heterocycles. The van der Waals surface area contributed by atoms with E-state index < -0.39 is 87.3 Å². The smallest absolute Gasteiger partial charge is 0.356 e. The van der Waals surface area contributed by atoms with Crippen LogP contribution in [0.2, 0.25) is 0 Å². The summed E-state index contributed by atoms with van der Waals surface area (Å²) < 4.78 is 32.7. The summed E-state index contributed by atoms with van der Waals surface area (Å²) >= 11 is 2.35. The predicted octanol–water partition coefficient (Wildman–Crippen LogP) is 3.45. The van der Waals surface area contributed by atoms with Crippen LogP contribution in [0.25, 0.3) is 0 Å². The number of nitrogens with zero attached hydrogens (tertiary/aromatic N) is 4. The van der Waals surface area contributed by atoms with E-state index in [1.54, 1.807) is 20.8 Å². The third-order valence-electron chi connectivity index (χ3n) is 14.2. The molecule has 4 aliphatic rings. The summed E-state index contributed by atoms with van der Waals surface area (Å²) in [5.74, 6) is -4.97. The van der Waals surface area contributed by atoms with Gasteiger partial charge in [0.05, 0.1) is 23.7 Å². The Morgan fingerprint density at radius 3 is 1.60 bits per heavy atom. The first-order chi connectivity index (χ1) is 40.7. The molecule has 0 saturated carbocycles. The third-order valence-corrected chi connectivity index (χ3v) is 18.3. The Labute approximate surface area is 507 Å². The molecule has 12 amide bonds. The van der Waals surface area contributed by atoms with E-state index in [1.165, 1.54) is 11.8 Å². The zero-order chi connectivity index (χ0) is 62.3. The highest BCUT2D eigenvalue weighted by atomic mass is 32.2. The molecule has 4 heterocycles. The van der Waals surface area contributed by atoms with E-state index in [1.807, 2.05) is 0 Å². The fraction of sp³-hybridized carbons (Fsp3) is 0.759. The van der Waals surface area contributed by atoms with Gasteiger partial charge in [-0.25, -0.2) is 0 Å². The second-order valence-electron chi connectivity index (χ2n) is 21.2. The van der Waals surface area contributed by atoms with Gasteiger partial charge in [-0.2, -0.15) is 0 Å². The lowest BCUT2D eigenvalue weighted by molar-refractivity contribution is -0.148. The van der Waals surface area contributed by atoms with Gasteiger partial charge < -0.3 is 40.0 Å². The van der Waals surface area contributed by atoms with E-state index in [-0.39, 0.29) is 138 Å². The number of rotatable bonds is 46. The average Bonchev–Trinajstić information content (AvgIpc) is 2.68. The molecule has 0 radical (unpaired) electrons. The standard InChI is InChI=1S/C54H84N8O19P2S2/c1-37-32-46(67)59(51(37)72)24-18-43(64)55-22-13-10-17-40(58-45(66)19-25-60-47(68)33-38(2)52(60)73)50(71)57-23-12-7-6-11-21-56-44(65)20-31-85-42-35-49(70)62(54(42)75)36-61-48(69)34-41(53(61)74)84-30-15-27-79-83(77)81-29-28-80-82(76)78-26-14-8-4-5-9-16-39(3)63/h37-38,40-42,76H,4-36H2,1-3H3,(H3-,55,56,57,58,64,65,66,71)/p+1/t37?,38?,40-,41?,42?,82?/m0/s1. The van der Waals surface area contributed by atoms with Gasteiger partial charge in [0.1, 0.15) is 31.7 Å². The fourth-order valence-electron chi connectivity index (χ4n) is 9.35. The normalized spacial score (nSPS) is 19.8. The van der Waals surface area contributed by atoms with Crippen molar-refractivity contribution in [2.75, 3.05) is 77.3 Å². The van der Waals surface area contributed by atoms with Crippen LogP contribution in [-0.2, 0) is 85.0 Å². The molecule has 0 aliphatic carbocycles. The van der Waals surface area contributed by atoms with E-state index in [4.69, 9.17) is 18.1 Å². The quantitative estimate of drug-likeness (QED) is 0.0331. The van der Waals surface area contributed by atoms with E-state index in [0.29, 0.717) is 64.0 Å². The molecule has 85 heavy (non-hydrogen) atoms. The van der Waals surface area contributed by atoms with Crippen molar-refractivity contribution in [1.82, 2.24) is 40.9 Å². The number of hydrogen-bond donors (Lipinski definition) is 5. The van der Waals surface area contributed by atoms with Gasteiger partial charge in [0.25, 0.3) is 0 Å². The Morgan fingerprint density at radius 2 is 1.02 bits per heavy atom. The van der Waals surface area contributed by atoms with Crippen molar-refractivity contribution in [2.24, 2.45) is 11.8 Å². The lowest BCUT2D eigenvalue weighted by Gasteiger charge is -2.21. The van der Waals surface area contributed by atoms with Crippen molar-refractivity contribution >= 4 is 117 Å². The van der Waals surface area contributed by atoms with E-state index in [0.717, 1.165) is 76.3 Å². The molecule has 4 rings (SSSR count). The molecule has 476 valence electrons. The molecule has 7 atom stereocenters. The zero-order valence-electron chi connectivity index (χ0n) is 49.0. The van der Waals surface area contributed by atoms with E-state index in [2.05, 4.69) is 21.3 Å².